The van der Waals surface area contributed by atoms with E-state index in [-0.39, 0.29) is 13.0 Å². The zero-order valence-electron chi connectivity index (χ0n) is 11.7. The number of aryl methyl sites for hydroxylation is 1. The summed E-state index contributed by atoms with van der Waals surface area (Å²) in [5, 5.41) is 20.2. The van der Waals surface area contributed by atoms with Gasteiger partial charge < -0.3 is 15.5 Å². The Labute approximate surface area is 118 Å². The van der Waals surface area contributed by atoms with Gasteiger partial charge >= 0.3 is 12.0 Å². The van der Waals surface area contributed by atoms with Crippen molar-refractivity contribution < 1.29 is 19.8 Å². The number of aliphatic carboxylic acids is 1. The molecule has 110 valence electrons. The molecule has 1 aromatic rings. The molecule has 0 saturated heterocycles. The quantitative estimate of drug-likeness (QED) is 0.734. The van der Waals surface area contributed by atoms with Crippen molar-refractivity contribution in [2.45, 2.75) is 26.3 Å². The van der Waals surface area contributed by atoms with E-state index in [9.17, 15) is 9.59 Å². The van der Waals surface area contributed by atoms with Crippen molar-refractivity contribution in [2.24, 2.45) is 0 Å². The van der Waals surface area contributed by atoms with Gasteiger partial charge in [-0.1, -0.05) is 17.7 Å². The monoisotopic (exact) mass is 280 g/mol. The van der Waals surface area contributed by atoms with Crippen molar-refractivity contribution in [1.82, 2.24) is 5.32 Å². The van der Waals surface area contributed by atoms with Crippen molar-refractivity contribution >= 4 is 17.7 Å². The second-order valence-electron chi connectivity index (χ2n) is 4.43. The second-order valence-corrected chi connectivity index (χ2v) is 4.43. The standard InChI is InChI=1S/C14H20N2O4/c1-3-16(11-6-4-10(2)5-7-11)14(20)15-12(8-9-17)13(18)19/h4-7,12,17H,3,8-9H2,1-2H3,(H,15,20)(H,18,19)/t12-/m0/s1. The summed E-state index contributed by atoms with van der Waals surface area (Å²) in [6.07, 6.45) is -0.0213. The Hall–Kier alpha value is -2.08. The fraction of sp³-hybridized carbons (Fsp3) is 0.429. The number of anilines is 1. The summed E-state index contributed by atoms with van der Waals surface area (Å²) in [6, 6.07) is 5.80. The Morgan fingerprint density at radius 2 is 1.90 bits per heavy atom. The van der Waals surface area contributed by atoms with Crippen LogP contribution >= 0.6 is 0 Å². The summed E-state index contributed by atoms with van der Waals surface area (Å²) in [6.45, 7) is 3.87. The molecular formula is C14H20N2O4. The lowest BCUT2D eigenvalue weighted by atomic mass is 10.2. The SMILES string of the molecule is CCN(C(=O)N[C@@H](CCO)C(=O)O)c1ccc(C)cc1. The number of carbonyl (C=O) groups is 2. The van der Waals surface area contributed by atoms with E-state index in [1.165, 1.54) is 4.90 Å². The summed E-state index contributed by atoms with van der Waals surface area (Å²) in [5.41, 5.74) is 1.78. The van der Waals surface area contributed by atoms with Crippen molar-refractivity contribution in [3.63, 3.8) is 0 Å². The highest BCUT2D eigenvalue weighted by molar-refractivity contribution is 5.94. The lowest BCUT2D eigenvalue weighted by molar-refractivity contribution is -0.139. The van der Waals surface area contributed by atoms with Crippen LogP contribution in [0, 0.1) is 6.92 Å². The molecule has 1 rings (SSSR count). The van der Waals surface area contributed by atoms with Gasteiger partial charge in [-0.05, 0) is 26.0 Å². The molecule has 3 N–H and O–H groups in total. The molecule has 1 atom stereocenters. The van der Waals surface area contributed by atoms with Crippen LogP contribution in [0.15, 0.2) is 24.3 Å². The van der Waals surface area contributed by atoms with Gasteiger partial charge in [0.05, 0.1) is 0 Å². The van der Waals surface area contributed by atoms with Crippen LogP contribution in [0.25, 0.3) is 0 Å². The molecule has 0 radical (unpaired) electrons. The molecule has 0 aliphatic heterocycles. The fourth-order valence-electron chi connectivity index (χ4n) is 1.78. The largest absolute Gasteiger partial charge is 0.480 e. The number of aliphatic hydroxyl groups is 1. The number of amides is 2. The number of rotatable bonds is 6. The first-order chi connectivity index (χ1) is 9.49. The van der Waals surface area contributed by atoms with Crippen LogP contribution in [0.5, 0.6) is 0 Å². The number of nitrogens with zero attached hydrogens (tertiary/aromatic N) is 1. The van der Waals surface area contributed by atoms with Gasteiger partial charge in [-0.15, -0.1) is 0 Å². The van der Waals surface area contributed by atoms with Gasteiger partial charge in [0.1, 0.15) is 6.04 Å². The average molecular weight is 280 g/mol. The molecular weight excluding hydrogens is 260 g/mol. The maximum Gasteiger partial charge on any atom is 0.326 e. The molecule has 0 spiro atoms. The Morgan fingerprint density at radius 3 is 2.35 bits per heavy atom. The third-order valence-corrected chi connectivity index (χ3v) is 2.92. The minimum Gasteiger partial charge on any atom is -0.480 e. The maximum atomic E-state index is 12.1. The summed E-state index contributed by atoms with van der Waals surface area (Å²) < 4.78 is 0. The molecule has 6 nitrogen and oxygen atoms in total. The van der Waals surface area contributed by atoms with Crippen LogP contribution in [-0.2, 0) is 4.79 Å². The maximum absolute atomic E-state index is 12.1. The van der Waals surface area contributed by atoms with Gasteiger partial charge in [0, 0.05) is 25.3 Å². The third kappa shape index (κ3) is 4.24. The van der Waals surface area contributed by atoms with Gasteiger partial charge in [0.25, 0.3) is 0 Å². The molecule has 0 fully saturated rings. The minimum atomic E-state index is -1.16. The number of hydrogen-bond donors (Lipinski definition) is 3. The molecule has 0 aromatic heterocycles. The predicted octanol–water partition coefficient (Wildman–Crippen LogP) is 1.37. The molecule has 0 heterocycles. The van der Waals surface area contributed by atoms with E-state index in [4.69, 9.17) is 10.2 Å². The zero-order chi connectivity index (χ0) is 15.1. The molecule has 0 saturated carbocycles. The molecule has 6 heteroatoms. The van der Waals surface area contributed by atoms with E-state index in [1.807, 2.05) is 19.1 Å². The number of aliphatic hydroxyl groups excluding tert-OH is 1. The number of urea groups is 1. The highest BCUT2D eigenvalue weighted by atomic mass is 16.4. The van der Waals surface area contributed by atoms with Crippen LogP contribution in [-0.4, -0.2) is 41.4 Å². The Bertz CT molecular complexity index is 459. The van der Waals surface area contributed by atoms with Gasteiger partial charge in [0.15, 0.2) is 0 Å². The van der Waals surface area contributed by atoms with E-state index < -0.39 is 18.0 Å². The van der Waals surface area contributed by atoms with Crippen molar-refractivity contribution in [1.29, 1.82) is 0 Å². The molecule has 0 unspecified atom stereocenters. The van der Waals surface area contributed by atoms with Crippen LogP contribution in [0.2, 0.25) is 0 Å². The fourth-order valence-corrected chi connectivity index (χ4v) is 1.78. The van der Waals surface area contributed by atoms with Crippen LogP contribution < -0.4 is 10.2 Å². The third-order valence-electron chi connectivity index (χ3n) is 2.92. The van der Waals surface area contributed by atoms with Crippen molar-refractivity contribution in [2.75, 3.05) is 18.1 Å². The van der Waals surface area contributed by atoms with Crippen molar-refractivity contribution in [3.8, 4) is 0 Å². The van der Waals surface area contributed by atoms with Crippen molar-refractivity contribution in [3.05, 3.63) is 29.8 Å². The van der Waals surface area contributed by atoms with Gasteiger partial charge in [-0.2, -0.15) is 0 Å². The Morgan fingerprint density at radius 1 is 1.30 bits per heavy atom. The number of benzene rings is 1. The number of carboxylic acids is 1. The summed E-state index contributed by atoms with van der Waals surface area (Å²) in [5.74, 6) is -1.16. The normalized spacial score (nSPS) is 11.8. The highest BCUT2D eigenvalue weighted by Crippen LogP contribution is 2.15. The first kappa shape index (κ1) is 16.0. The second kappa shape index (κ2) is 7.49. The van der Waals surface area contributed by atoms with Gasteiger partial charge in [-0.3, -0.25) is 4.90 Å². The molecule has 2 amide bonds. The summed E-state index contributed by atoms with van der Waals surface area (Å²) in [4.78, 5) is 24.5. The van der Waals surface area contributed by atoms with E-state index in [0.717, 1.165) is 5.56 Å². The molecule has 0 bridgehead atoms. The van der Waals surface area contributed by atoms with Crippen LogP contribution in [0.4, 0.5) is 10.5 Å². The molecule has 0 aliphatic carbocycles. The number of hydrogen-bond acceptors (Lipinski definition) is 3. The van der Waals surface area contributed by atoms with Gasteiger partial charge in [0.2, 0.25) is 0 Å². The highest BCUT2D eigenvalue weighted by Gasteiger charge is 2.22. The minimum absolute atomic E-state index is 0.0213. The lowest BCUT2D eigenvalue weighted by Gasteiger charge is -2.24. The predicted molar refractivity (Wildman–Crippen MR) is 75.9 cm³/mol. The van der Waals surface area contributed by atoms with E-state index >= 15 is 0 Å². The van der Waals surface area contributed by atoms with E-state index in [0.29, 0.717) is 12.2 Å². The topological polar surface area (TPSA) is 89.9 Å². The van der Waals surface area contributed by atoms with Crippen LogP contribution in [0.1, 0.15) is 18.9 Å². The Balaban J connectivity index is 2.81. The van der Waals surface area contributed by atoms with E-state index in [1.54, 1.807) is 19.1 Å². The summed E-state index contributed by atoms with van der Waals surface area (Å²) in [7, 11) is 0. The number of carbonyl (C=O) groups excluding carboxylic acids is 1. The van der Waals surface area contributed by atoms with Gasteiger partial charge in [-0.25, -0.2) is 9.59 Å². The lowest BCUT2D eigenvalue weighted by Crippen LogP contribution is -2.48. The molecule has 0 aliphatic rings. The molecule has 20 heavy (non-hydrogen) atoms. The molecule has 1 aromatic carbocycles. The first-order valence-electron chi connectivity index (χ1n) is 6.48. The smallest absolute Gasteiger partial charge is 0.326 e. The number of carboxylic acid groups (broad SMARTS) is 1. The van der Waals surface area contributed by atoms with Crippen LogP contribution in [0.3, 0.4) is 0 Å². The number of nitrogens with one attached hydrogen (secondary N) is 1. The summed E-state index contributed by atoms with van der Waals surface area (Å²) >= 11 is 0. The zero-order valence-corrected chi connectivity index (χ0v) is 11.7. The average Bonchev–Trinajstić information content (AvgIpc) is 2.41. The Kier molecular flexibility index (Phi) is 5.99. The first-order valence-corrected chi connectivity index (χ1v) is 6.48. The van der Waals surface area contributed by atoms with E-state index in [2.05, 4.69) is 5.32 Å².